The van der Waals surface area contributed by atoms with Gasteiger partial charge in [-0.25, -0.2) is 9.50 Å². The fourth-order valence-electron chi connectivity index (χ4n) is 2.70. The van der Waals surface area contributed by atoms with Crippen LogP contribution >= 0.6 is 0 Å². The Morgan fingerprint density at radius 3 is 2.88 bits per heavy atom. The van der Waals surface area contributed by atoms with Crippen molar-refractivity contribution in [1.82, 2.24) is 29.7 Å². The molecule has 0 saturated carbocycles. The zero-order chi connectivity index (χ0) is 17.1. The summed E-state index contributed by atoms with van der Waals surface area (Å²) in [6.07, 6.45) is 5.56. The number of nitrogens with one attached hydrogen (secondary N) is 1. The maximum absolute atomic E-state index is 12.2. The van der Waals surface area contributed by atoms with Crippen molar-refractivity contribution in [2.45, 2.75) is 40.2 Å². The summed E-state index contributed by atoms with van der Waals surface area (Å²) >= 11 is 0. The van der Waals surface area contributed by atoms with Gasteiger partial charge < -0.3 is 5.32 Å². The highest BCUT2D eigenvalue weighted by molar-refractivity contribution is 5.93. The number of aryl methyl sites for hydroxylation is 1. The minimum Gasteiger partial charge on any atom is -0.351 e. The Hall–Kier alpha value is -2.70. The summed E-state index contributed by atoms with van der Waals surface area (Å²) in [4.78, 5) is 16.5. The first-order chi connectivity index (χ1) is 11.7. The van der Waals surface area contributed by atoms with Gasteiger partial charge in [0.15, 0.2) is 11.3 Å². The Labute approximate surface area is 140 Å². The number of aromatic nitrogens is 5. The van der Waals surface area contributed by atoms with E-state index in [1.54, 1.807) is 16.8 Å². The third kappa shape index (κ3) is 2.89. The Bertz CT molecular complexity index is 863. The largest absolute Gasteiger partial charge is 0.351 e. The highest BCUT2D eigenvalue weighted by Crippen LogP contribution is 2.23. The molecule has 126 valence electrons. The van der Waals surface area contributed by atoms with E-state index < -0.39 is 0 Å². The van der Waals surface area contributed by atoms with Gasteiger partial charge in [0.05, 0.1) is 11.9 Å². The predicted octanol–water partition coefficient (Wildman–Crippen LogP) is 2.45. The Kier molecular flexibility index (Phi) is 4.59. The summed E-state index contributed by atoms with van der Waals surface area (Å²) in [6, 6.07) is 3.60. The standard InChI is InChI=1S/C17H22N6O/c1-4-6-8-19-17(24)14-10-16-18-9-7-15(23(16)21-14)13-11-20-22(5-2)12(13)3/h7,9-11H,4-6,8H2,1-3H3,(H,19,24). The molecule has 1 N–H and O–H groups in total. The number of fused-ring (bicyclic) bond motifs is 1. The minimum absolute atomic E-state index is 0.166. The van der Waals surface area contributed by atoms with Crippen molar-refractivity contribution in [1.29, 1.82) is 0 Å². The molecule has 0 aliphatic heterocycles. The number of unbranched alkanes of at least 4 members (excludes halogenated alkanes) is 1. The van der Waals surface area contributed by atoms with Gasteiger partial charge in [-0.15, -0.1) is 0 Å². The molecule has 3 aromatic rings. The molecule has 0 aliphatic rings. The number of amides is 1. The quantitative estimate of drug-likeness (QED) is 0.706. The molecule has 0 aliphatic carbocycles. The first-order valence-corrected chi connectivity index (χ1v) is 8.31. The molecule has 0 saturated heterocycles. The molecule has 3 aromatic heterocycles. The predicted molar refractivity (Wildman–Crippen MR) is 91.9 cm³/mol. The van der Waals surface area contributed by atoms with Crippen LogP contribution in [0.2, 0.25) is 0 Å². The normalized spacial score (nSPS) is 11.1. The zero-order valence-electron chi connectivity index (χ0n) is 14.3. The first-order valence-electron chi connectivity index (χ1n) is 8.31. The van der Waals surface area contributed by atoms with E-state index in [2.05, 4.69) is 34.3 Å². The fourth-order valence-corrected chi connectivity index (χ4v) is 2.70. The van der Waals surface area contributed by atoms with Crippen LogP contribution in [0, 0.1) is 6.92 Å². The molecule has 3 heterocycles. The van der Waals surface area contributed by atoms with E-state index in [-0.39, 0.29) is 5.91 Å². The van der Waals surface area contributed by atoms with Gasteiger partial charge >= 0.3 is 0 Å². The second-order valence-electron chi connectivity index (χ2n) is 5.70. The number of carbonyl (C=O) groups excluding carboxylic acids is 1. The average Bonchev–Trinajstić information content (AvgIpc) is 3.18. The molecule has 0 aromatic carbocycles. The minimum atomic E-state index is -0.166. The molecule has 24 heavy (non-hydrogen) atoms. The van der Waals surface area contributed by atoms with Crippen LogP contribution in [0.25, 0.3) is 16.9 Å². The SMILES string of the molecule is CCCCNC(=O)c1cc2nccc(-c3cnn(CC)c3C)n2n1. The Morgan fingerprint density at radius 2 is 2.17 bits per heavy atom. The molecule has 3 rings (SSSR count). The third-order valence-corrected chi connectivity index (χ3v) is 4.09. The fraction of sp³-hybridized carbons (Fsp3) is 0.412. The Balaban J connectivity index is 1.98. The van der Waals surface area contributed by atoms with E-state index in [1.807, 2.05) is 23.9 Å². The van der Waals surface area contributed by atoms with Crippen molar-refractivity contribution in [2.75, 3.05) is 6.54 Å². The van der Waals surface area contributed by atoms with Crippen LogP contribution in [0.4, 0.5) is 0 Å². The van der Waals surface area contributed by atoms with Crippen molar-refractivity contribution < 1.29 is 4.79 Å². The van der Waals surface area contributed by atoms with E-state index >= 15 is 0 Å². The molecule has 0 bridgehead atoms. The van der Waals surface area contributed by atoms with Gasteiger partial charge in [0.25, 0.3) is 5.91 Å². The van der Waals surface area contributed by atoms with Gasteiger partial charge in [-0.05, 0) is 26.3 Å². The van der Waals surface area contributed by atoms with Gasteiger partial charge in [0.2, 0.25) is 0 Å². The van der Waals surface area contributed by atoms with Crippen molar-refractivity contribution >= 4 is 11.6 Å². The smallest absolute Gasteiger partial charge is 0.271 e. The van der Waals surface area contributed by atoms with Crippen LogP contribution < -0.4 is 5.32 Å². The molecule has 7 nitrogen and oxygen atoms in total. The molecule has 0 radical (unpaired) electrons. The van der Waals surface area contributed by atoms with Crippen LogP contribution in [0.15, 0.2) is 24.5 Å². The van der Waals surface area contributed by atoms with Gasteiger partial charge in [-0.3, -0.25) is 9.48 Å². The Morgan fingerprint density at radius 1 is 1.33 bits per heavy atom. The highest BCUT2D eigenvalue weighted by atomic mass is 16.1. The molecule has 0 atom stereocenters. The van der Waals surface area contributed by atoms with Crippen molar-refractivity contribution in [2.24, 2.45) is 0 Å². The number of rotatable bonds is 6. The van der Waals surface area contributed by atoms with Crippen LogP contribution in [-0.4, -0.2) is 36.8 Å². The number of hydrogen-bond donors (Lipinski definition) is 1. The molecule has 0 unspecified atom stereocenters. The van der Waals surface area contributed by atoms with Crippen LogP contribution in [0.1, 0.15) is 42.9 Å². The summed E-state index contributed by atoms with van der Waals surface area (Å²) in [6.45, 7) is 7.64. The monoisotopic (exact) mass is 326 g/mol. The highest BCUT2D eigenvalue weighted by Gasteiger charge is 2.16. The summed E-state index contributed by atoms with van der Waals surface area (Å²) in [5, 5.41) is 11.7. The van der Waals surface area contributed by atoms with E-state index in [0.29, 0.717) is 17.9 Å². The lowest BCUT2D eigenvalue weighted by Gasteiger charge is -2.05. The number of carbonyl (C=O) groups is 1. The van der Waals surface area contributed by atoms with E-state index in [1.165, 1.54) is 0 Å². The zero-order valence-corrected chi connectivity index (χ0v) is 14.3. The lowest BCUT2D eigenvalue weighted by molar-refractivity contribution is 0.0948. The number of hydrogen-bond acceptors (Lipinski definition) is 4. The van der Waals surface area contributed by atoms with Crippen molar-refractivity contribution in [3.63, 3.8) is 0 Å². The van der Waals surface area contributed by atoms with E-state index in [4.69, 9.17) is 0 Å². The second-order valence-corrected chi connectivity index (χ2v) is 5.70. The topological polar surface area (TPSA) is 77.1 Å². The number of nitrogens with zero attached hydrogens (tertiary/aromatic N) is 5. The second kappa shape index (κ2) is 6.82. The van der Waals surface area contributed by atoms with Crippen molar-refractivity contribution in [3.8, 4) is 11.3 Å². The molecule has 0 fully saturated rings. The van der Waals surface area contributed by atoms with E-state index in [0.717, 1.165) is 36.3 Å². The third-order valence-electron chi connectivity index (χ3n) is 4.09. The van der Waals surface area contributed by atoms with E-state index in [9.17, 15) is 4.79 Å². The van der Waals surface area contributed by atoms with Gasteiger partial charge in [0, 0.05) is 36.6 Å². The maximum Gasteiger partial charge on any atom is 0.271 e. The van der Waals surface area contributed by atoms with Crippen LogP contribution in [0.5, 0.6) is 0 Å². The summed E-state index contributed by atoms with van der Waals surface area (Å²) < 4.78 is 3.64. The van der Waals surface area contributed by atoms with Crippen molar-refractivity contribution in [3.05, 3.63) is 35.9 Å². The molecule has 0 spiro atoms. The molecular formula is C17H22N6O. The average molecular weight is 326 g/mol. The van der Waals surface area contributed by atoms with Crippen LogP contribution in [-0.2, 0) is 6.54 Å². The van der Waals surface area contributed by atoms with Gasteiger partial charge in [-0.1, -0.05) is 13.3 Å². The summed E-state index contributed by atoms with van der Waals surface area (Å²) in [5.74, 6) is -0.166. The maximum atomic E-state index is 12.2. The lowest BCUT2D eigenvalue weighted by atomic mass is 10.2. The summed E-state index contributed by atoms with van der Waals surface area (Å²) in [5.41, 5.74) is 3.97. The first kappa shape index (κ1) is 16.2. The van der Waals surface area contributed by atoms with Gasteiger partial charge in [0.1, 0.15) is 0 Å². The molecule has 7 heteroatoms. The summed E-state index contributed by atoms with van der Waals surface area (Å²) in [7, 11) is 0. The molecular weight excluding hydrogens is 304 g/mol. The van der Waals surface area contributed by atoms with Gasteiger partial charge in [-0.2, -0.15) is 10.2 Å². The van der Waals surface area contributed by atoms with Crippen LogP contribution in [0.3, 0.4) is 0 Å². The molecule has 1 amide bonds. The lowest BCUT2D eigenvalue weighted by Crippen LogP contribution is -2.24.